The van der Waals surface area contributed by atoms with Gasteiger partial charge in [-0.25, -0.2) is 4.79 Å². The highest BCUT2D eigenvalue weighted by Gasteiger charge is 2.31. The number of phenolic OH excluding ortho intramolecular Hbond substituents is 1. The predicted octanol–water partition coefficient (Wildman–Crippen LogP) is -1.92. The van der Waals surface area contributed by atoms with Gasteiger partial charge in [0.1, 0.15) is 23.9 Å². The molecule has 10 nitrogen and oxygen atoms in total. The van der Waals surface area contributed by atoms with E-state index in [2.05, 4.69) is 10.6 Å². The Balaban J connectivity index is 2.85. The number of carbonyl (C=O) groups is 3. The summed E-state index contributed by atoms with van der Waals surface area (Å²) in [5.74, 6) is -3.08. The average Bonchev–Trinajstić information content (AvgIpc) is 2.59. The molecule has 8 N–H and O–H groups in total. The fraction of sp³-hybridized carbons (Fsp3) is 0.471. The van der Waals surface area contributed by atoms with Crippen molar-refractivity contribution in [3.8, 4) is 5.75 Å². The fourth-order valence-corrected chi connectivity index (χ4v) is 2.20. The molecule has 0 spiro atoms. The number of hydrogen-bond acceptors (Lipinski definition) is 7. The summed E-state index contributed by atoms with van der Waals surface area (Å²) < 4.78 is 0. The Kier molecular flexibility index (Phi) is 8.16. The van der Waals surface area contributed by atoms with Gasteiger partial charge in [-0.2, -0.15) is 0 Å². The zero-order valence-corrected chi connectivity index (χ0v) is 15.0. The molecule has 5 atom stereocenters. The number of rotatable bonds is 9. The molecule has 0 bridgehead atoms. The molecule has 0 aromatic heterocycles. The standard InChI is InChI=1S/C17H25N3O7/c1-8(21)13(18)15(24)20-14(9(2)22)16(25)19-12(17(26)27)7-10-3-5-11(23)6-4-10/h3-6,8-9,12-14,21-23H,7,18H2,1-2H3,(H,19,25)(H,20,24)(H,26,27)/t8-,9-,12+,13+,14+/m1/s1. The van der Waals surface area contributed by atoms with E-state index in [1.165, 1.54) is 38.1 Å². The second-order valence-electron chi connectivity index (χ2n) is 6.26. The highest BCUT2D eigenvalue weighted by atomic mass is 16.4. The van der Waals surface area contributed by atoms with Gasteiger partial charge in [-0.15, -0.1) is 0 Å². The van der Waals surface area contributed by atoms with Gasteiger partial charge < -0.3 is 36.8 Å². The van der Waals surface area contributed by atoms with Crippen LogP contribution in [-0.4, -0.2) is 68.5 Å². The van der Waals surface area contributed by atoms with E-state index in [-0.39, 0.29) is 12.2 Å². The van der Waals surface area contributed by atoms with Crippen molar-refractivity contribution in [1.82, 2.24) is 10.6 Å². The second-order valence-corrected chi connectivity index (χ2v) is 6.26. The molecule has 0 aliphatic rings. The smallest absolute Gasteiger partial charge is 0.326 e. The van der Waals surface area contributed by atoms with Crippen molar-refractivity contribution in [1.29, 1.82) is 0 Å². The molecule has 1 aromatic carbocycles. The maximum Gasteiger partial charge on any atom is 0.326 e. The van der Waals surface area contributed by atoms with Crippen molar-refractivity contribution in [3.05, 3.63) is 29.8 Å². The minimum Gasteiger partial charge on any atom is -0.508 e. The van der Waals surface area contributed by atoms with Gasteiger partial charge in [-0.3, -0.25) is 9.59 Å². The number of carboxylic acid groups (broad SMARTS) is 1. The van der Waals surface area contributed by atoms with Gasteiger partial charge in [0.05, 0.1) is 12.2 Å². The molecule has 0 heterocycles. The Morgan fingerprint density at radius 1 is 1.00 bits per heavy atom. The summed E-state index contributed by atoms with van der Waals surface area (Å²) in [5.41, 5.74) is 6.03. The molecule has 0 aliphatic heterocycles. The van der Waals surface area contributed by atoms with Crippen LogP contribution in [0.2, 0.25) is 0 Å². The number of phenols is 1. The lowest BCUT2D eigenvalue weighted by Gasteiger charge is -2.25. The number of aliphatic hydroxyl groups excluding tert-OH is 2. The summed E-state index contributed by atoms with van der Waals surface area (Å²) in [5, 5.41) is 42.2. The van der Waals surface area contributed by atoms with Crippen LogP contribution in [0.1, 0.15) is 19.4 Å². The Labute approximate surface area is 156 Å². The van der Waals surface area contributed by atoms with E-state index in [4.69, 9.17) is 5.73 Å². The SMILES string of the molecule is C[C@@H](O)[C@H](N)C(=O)N[C@H](C(=O)N[C@@H](Cc1ccc(O)cc1)C(=O)O)[C@@H](C)O. The fourth-order valence-electron chi connectivity index (χ4n) is 2.20. The van der Waals surface area contributed by atoms with Gasteiger partial charge >= 0.3 is 5.97 Å². The van der Waals surface area contributed by atoms with E-state index in [1.807, 2.05) is 0 Å². The Morgan fingerprint density at radius 3 is 2.00 bits per heavy atom. The van der Waals surface area contributed by atoms with Crippen molar-refractivity contribution in [3.63, 3.8) is 0 Å². The molecule has 0 fully saturated rings. The van der Waals surface area contributed by atoms with E-state index >= 15 is 0 Å². The molecule has 10 heteroatoms. The summed E-state index contributed by atoms with van der Waals surface area (Å²) in [4.78, 5) is 35.7. The summed E-state index contributed by atoms with van der Waals surface area (Å²) in [7, 11) is 0. The maximum absolute atomic E-state index is 12.4. The van der Waals surface area contributed by atoms with E-state index in [0.29, 0.717) is 5.56 Å². The molecule has 0 saturated heterocycles. The van der Waals surface area contributed by atoms with Crippen molar-refractivity contribution in [2.45, 2.75) is 50.6 Å². The van der Waals surface area contributed by atoms with Crippen LogP contribution >= 0.6 is 0 Å². The number of aliphatic hydroxyl groups is 2. The zero-order chi connectivity index (χ0) is 20.7. The number of carbonyl (C=O) groups excluding carboxylic acids is 2. The number of nitrogens with two attached hydrogens (primary N) is 1. The van der Waals surface area contributed by atoms with Crippen molar-refractivity contribution >= 4 is 17.8 Å². The third kappa shape index (κ3) is 6.85. The third-order valence-corrected chi connectivity index (χ3v) is 3.88. The molecule has 0 saturated carbocycles. The van der Waals surface area contributed by atoms with Crippen LogP contribution in [0.4, 0.5) is 0 Å². The van der Waals surface area contributed by atoms with Gasteiger partial charge in [0.15, 0.2) is 0 Å². The number of aromatic hydroxyl groups is 1. The average molecular weight is 383 g/mol. The molecule has 0 unspecified atom stereocenters. The monoisotopic (exact) mass is 383 g/mol. The van der Waals surface area contributed by atoms with Crippen LogP contribution in [-0.2, 0) is 20.8 Å². The number of nitrogens with one attached hydrogen (secondary N) is 2. The molecule has 150 valence electrons. The molecule has 0 aliphatic carbocycles. The highest BCUT2D eigenvalue weighted by Crippen LogP contribution is 2.11. The van der Waals surface area contributed by atoms with Crippen molar-refractivity contribution in [2.24, 2.45) is 5.73 Å². The number of hydrogen-bond donors (Lipinski definition) is 7. The molecular weight excluding hydrogens is 358 g/mol. The maximum atomic E-state index is 12.4. The summed E-state index contributed by atoms with van der Waals surface area (Å²) in [6.45, 7) is 2.54. The van der Waals surface area contributed by atoms with Gasteiger partial charge in [-0.1, -0.05) is 12.1 Å². The highest BCUT2D eigenvalue weighted by molar-refractivity contribution is 5.92. The van der Waals surface area contributed by atoms with Gasteiger partial charge in [0.25, 0.3) is 0 Å². The molecule has 1 aromatic rings. The number of carboxylic acids is 1. The lowest BCUT2D eigenvalue weighted by atomic mass is 10.0. The normalized spacial score (nSPS) is 16.5. The molecule has 0 radical (unpaired) electrons. The molecule has 1 rings (SSSR count). The topological polar surface area (TPSA) is 182 Å². The Bertz CT molecular complexity index is 661. The van der Waals surface area contributed by atoms with Crippen LogP contribution in [0.15, 0.2) is 24.3 Å². The Hall–Kier alpha value is -2.69. The molecular formula is C17H25N3O7. The van der Waals surface area contributed by atoms with Crippen molar-refractivity contribution in [2.75, 3.05) is 0 Å². The van der Waals surface area contributed by atoms with Crippen LogP contribution in [0, 0.1) is 0 Å². The van der Waals surface area contributed by atoms with Crippen LogP contribution in [0.3, 0.4) is 0 Å². The summed E-state index contributed by atoms with van der Waals surface area (Å²) in [6, 6.07) is 1.68. The largest absolute Gasteiger partial charge is 0.508 e. The lowest BCUT2D eigenvalue weighted by Crippen LogP contribution is -2.59. The van der Waals surface area contributed by atoms with Crippen molar-refractivity contribution < 1.29 is 34.8 Å². The quantitative estimate of drug-likeness (QED) is 0.257. The molecule has 2 amide bonds. The van der Waals surface area contributed by atoms with E-state index in [9.17, 15) is 34.8 Å². The van der Waals surface area contributed by atoms with E-state index < -0.39 is 48.1 Å². The van der Waals surface area contributed by atoms with E-state index in [0.717, 1.165) is 0 Å². The second kappa shape index (κ2) is 9.86. The van der Waals surface area contributed by atoms with Crippen LogP contribution in [0.25, 0.3) is 0 Å². The number of benzene rings is 1. The minimum atomic E-state index is -1.45. The first-order valence-corrected chi connectivity index (χ1v) is 8.26. The summed E-state index contributed by atoms with van der Waals surface area (Å²) >= 11 is 0. The number of amides is 2. The third-order valence-electron chi connectivity index (χ3n) is 3.88. The molecule has 27 heavy (non-hydrogen) atoms. The first-order chi connectivity index (χ1) is 12.5. The first-order valence-electron chi connectivity index (χ1n) is 8.26. The lowest BCUT2D eigenvalue weighted by molar-refractivity contribution is -0.143. The van der Waals surface area contributed by atoms with Gasteiger partial charge in [0, 0.05) is 6.42 Å². The summed E-state index contributed by atoms with van der Waals surface area (Å²) in [6.07, 6.45) is -2.59. The van der Waals surface area contributed by atoms with Crippen LogP contribution in [0.5, 0.6) is 5.75 Å². The predicted molar refractivity (Wildman–Crippen MR) is 94.6 cm³/mol. The van der Waals surface area contributed by atoms with Gasteiger partial charge in [0.2, 0.25) is 11.8 Å². The van der Waals surface area contributed by atoms with Crippen LogP contribution < -0.4 is 16.4 Å². The zero-order valence-electron chi connectivity index (χ0n) is 15.0. The Morgan fingerprint density at radius 2 is 1.56 bits per heavy atom. The minimum absolute atomic E-state index is 0.0148. The first kappa shape index (κ1) is 22.4. The van der Waals surface area contributed by atoms with Gasteiger partial charge in [-0.05, 0) is 31.5 Å². The van der Waals surface area contributed by atoms with E-state index in [1.54, 1.807) is 0 Å². The number of aliphatic carboxylic acids is 1.